The van der Waals surface area contributed by atoms with Crippen LogP contribution in [0.25, 0.3) is 34.7 Å². The maximum Gasteiger partial charge on any atom is 0.339 e. The van der Waals surface area contributed by atoms with Crippen molar-refractivity contribution in [3.8, 4) is 34.3 Å². The number of hydrogen-bond acceptors (Lipinski definition) is 13. The summed E-state index contributed by atoms with van der Waals surface area (Å²) in [6, 6.07) is 30.4. The molecule has 0 radical (unpaired) electrons. The molecule has 0 aliphatic heterocycles. The van der Waals surface area contributed by atoms with E-state index in [1.807, 2.05) is 54.6 Å². The molecular weight excluding hydrogens is 787 g/mol. The molecule has 0 amide bonds. The number of methoxy groups -OCH3 is 2. The number of aldehydes is 1. The maximum atomic E-state index is 11.6. The fourth-order valence-electron chi connectivity index (χ4n) is 5.25. The predicted octanol–water partition coefficient (Wildman–Crippen LogP) is 9.49. The van der Waals surface area contributed by atoms with Crippen molar-refractivity contribution in [2.75, 3.05) is 14.2 Å². The second-order valence-corrected chi connectivity index (χ2v) is 12.8. The van der Waals surface area contributed by atoms with Crippen molar-refractivity contribution >= 4 is 53.6 Å². The molecule has 13 nitrogen and oxygen atoms in total. The molecule has 292 valence electrons. The first-order chi connectivity index (χ1) is 28.3. The van der Waals surface area contributed by atoms with Gasteiger partial charge in [-0.1, -0.05) is 94.2 Å². The fraction of sp³-hybridized carbons (Fsp3) is 0.0930. The minimum atomic E-state index is -0.489. The van der Waals surface area contributed by atoms with E-state index in [-0.39, 0.29) is 24.9 Å². The molecule has 0 spiro atoms. The van der Waals surface area contributed by atoms with Crippen LogP contribution in [0.2, 0.25) is 10.0 Å². The van der Waals surface area contributed by atoms with Gasteiger partial charge in [-0.25, -0.2) is 19.6 Å². The molecule has 58 heavy (non-hydrogen) atoms. The molecule has 3 aromatic carbocycles. The summed E-state index contributed by atoms with van der Waals surface area (Å²) < 4.78 is 31.5. The van der Waals surface area contributed by atoms with Crippen LogP contribution in [-0.4, -0.2) is 52.7 Å². The number of carbonyl (C=O) groups excluding carboxylic acids is 3. The van der Waals surface area contributed by atoms with Crippen molar-refractivity contribution < 1.29 is 42.4 Å². The van der Waals surface area contributed by atoms with Gasteiger partial charge in [-0.2, -0.15) is 0 Å². The predicted molar refractivity (Wildman–Crippen MR) is 214 cm³/mol. The van der Waals surface area contributed by atoms with E-state index in [0.717, 1.165) is 22.3 Å². The third-order valence-electron chi connectivity index (χ3n) is 8.25. The second kappa shape index (κ2) is 19.7. The minimum Gasteiger partial charge on any atom is -0.473 e. The Morgan fingerprint density at radius 3 is 1.50 bits per heavy atom. The Labute approximate surface area is 341 Å². The Morgan fingerprint density at radius 1 is 0.603 bits per heavy atom. The SMILES string of the molecule is COC(=O)c1ccc(OCc2c(-c3ccc(Cl)cc3)noc2/C=C/c2ccccc2)nc1.COC(=O)c1ccc(OCc2c(-c3ccc(Cl)cc3)noc2C=O)nc1. The standard InChI is InChI=1S/C25H19ClN2O4.C18H13ClN2O5/c1-30-25(29)19-10-14-23(27-15-19)31-16-21-22(13-7-17-5-3-2-4-6-17)32-28-24(21)18-8-11-20(26)12-9-18;1-24-18(23)12-4-7-16(20-8-12)25-10-14-15(9-22)26-21-17(14)11-2-5-13(19)6-3-11/h2-15H,16H2,1H3;2-9H,10H2,1H3/b13-7+;. The zero-order valence-electron chi connectivity index (χ0n) is 30.8. The van der Waals surface area contributed by atoms with Gasteiger partial charge in [0.15, 0.2) is 12.0 Å². The van der Waals surface area contributed by atoms with E-state index in [1.165, 1.54) is 38.7 Å². The van der Waals surface area contributed by atoms with E-state index in [1.54, 1.807) is 48.5 Å². The number of halogens is 2. The van der Waals surface area contributed by atoms with Crippen LogP contribution < -0.4 is 9.47 Å². The number of rotatable bonds is 13. The zero-order chi connectivity index (χ0) is 40.9. The lowest BCUT2D eigenvalue weighted by molar-refractivity contribution is 0.0591. The molecule has 0 saturated heterocycles. The highest BCUT2D eigenvalue weighted by atomic mass is 35.5. The zero-order valence-corrected chi connectivity index (χ0v) is 32.3. The number of ether oxygens (including phenoxy) is 4. The molecule has 0 aliphatic carbocycles. The first-order valence-corrected chi connectivity index (χ1v) is 18.0. The van der Waals surface area contributed by atoms with Gasteiger partial charge in [-0.3, -0.25) is 4.79 Å². The summed E-state index contributed by atoms with van der Waals surface area (Å²) in [5, 5.41) is 9.41. The van der Waals surface area contributed by atoms with Crippen LogP contribution in [0.1, 0.15) is 53.7 Å². The Balaban J connectivity index is 0.000000200. The largest absolute Gasteiger partial charge is 0.473 e. The van der Waals surface area contributed by atoms with Gasteiger partial charge in [0.05, 0.1) is 36.5 Å². The first kappa shape index (κ1) is 40.6. The van der Waals surface area contributed by atoms with E-state index in [4.69, 9.17) is 41.7 Å². The molecule has 0 N–H and O–H groups in total. The molecule has 0 unspecified atom stereocenters. The Kier molecular flexibility index (Phi) is 13.8. The van der Waals surface area contributed by atoms with Crippen molar-refractivity contribution in [2.45, 2.75) is 13.2 Å². The van der Waals surface area contributed by atoms with Crippen molar-refractivity contribution in [1.29, 1.82) is 0 Å². The van der Waals surface area contributed by atoms with Crippen LogP contribution >= 0.6 is 23.2 Å². The molecule has 4 heterocycles. The Morgan fingerprint density at radius 2 is 1.07 bits per heavy atom. The van der Waals surface area contributed by atoms with E-state index >= 15 is 0 Å². The van der Waals surface area contributed by atoms with Gasteiger partial charge < -0.3 is 28.0 Å². The van der Waals surface area contributed by atoms with Gasteiger partial charge >= 0.3 is 11.9 Å². The van der Waals surface area contributed by atoms with Gasteiger partial charge in [-0.05, 0) is 48.0 Å². The normalized spacial score (nSPS) is 10.7. The van der Waals surface area contributed by atoms with E-state index in [2.05, 4.69) is 29.8 Å². The van der Waals surface area contributed by atoms with Crippen molar-refractivity contribution in [1.82, 2.24) is 20.3 Å². The third kappa shape index (κ3) is 10.4. The summed E-state index contributed by atoms with van der Waals surface area (Å²) in [7, 11) is 2.61. The average molecular weight is 820 g/mol. The van der Waals surface area contributed by atoms with Crippen molar-refractivity contribution in [3.05, 3.63) is 165 Å². The lowest BCUT2D eigenvalue weighted by Gasteiger charge is -2.07. The molecule has 0 saturated carbocycles. The molecule has 0 fully saturated rings. The van der Waals surface area contributed by atoms with Gasteiger partial charge in [0.1, 0.15) is 24.6 Å². The van der Waals surface area contributed by atoms with E-state index in [9.17, 15) is 14.4 Å². The number of aromatic nitrogens is 4. The van der Waals surface area contributed by atoms with Crippen LogP contribution in [-0.2, 0) is 22.7 Å². The topological polar surface area (TPSA) is 166 Å². The highest BCUT2D eigenvalue weighted by molar-refractivity contribution is 6.30. The number of nitrogens with zero attached hydrogens (tertiary/aromatic N) is 4. The van der Waals surface area contributed by atoms with Crippen LogP contribution in [0.4, 0.5) is 0 Å². The maximum absolute atomic E-state index is 11.6. The van der Waals surface area contributed by atoms with Gasteiger partial charge in [0, 0.05) is 45.7 Å². The molecule has 15 heteroatoms. The van der Waals surface area contributed by atoms with Gasteiger partial charge in [-0.15, -0.1) is 0 Å². The smallest absolute Gasteiger partial charge is 0.339 e. The van der Waals surface area contributed by atoms with Crippen LogP contribution in [0.15, 0.2) is 125 Å². The summed E-state index contributed by atoms with van der Waals surface area (Å²) >= 11 is 11.9. The fourth-order valence-corrected chi connectivity index (χ4v) is 5.50. The lowest BCUT2D eigenvalue weighted by Crippen LogP contribution is -2.04. The van der Waals surface area contributed by atoms with Crippen LogP contribution in [0, 0.1) is 0 Å². The quantitative estimate of drug-likeness (QED) is 0.0798. The van der Waals surface area contributed by atoms with Gasteiger partial charge in [0.2, 0.25) is 17.5 Å². The van der Waals surface area contributed by atoms with E-state index < -0.39 is 11.9 Å². The van der Waals surface area contributed by atoms with E-state index in [0.29, 0.717) is 56.0 Å². The minimum absolute atomic E-state index is 0.0140. The van der Waals surface area contributed by atoms with Gasteiger partial charge in [0.25, 0.3) is 0 Å². The highest BCUT2D eigenvalue weighted by Crippen LogP contribution is 2.30. The molecule has 7 aromatic rings. The van der Waals surface area contributed by atoms with Crippen molar-refractivity contribution in [2.24, 2.45) is 0 Å². The highest BCUT2D eigenvalue weighted by Gasteiger charge is 2.19. The molecular formula is C43H32Cl2N4O9. The Bertz CT molecular complexity index is 2490. The summed E-state index contributed by atoms with van der Waals surface area (Å²) in [5.41, 5.74) is 5.65. The summed E-state index contributed by atoms with van der Waals surface area (Å²) in [5.74, 6) is 0.334. The molecule has 4 aromatic heterocycles. The molecule has 0 atom stereocenters. The lowest BCUT2D eigenvalue weighted by atomic mass is 10.1. The second-order valence-electron chi connectivity index (χ2n) is 12.0. The molecule has 0 bridgehead atoms. The molecule has 7 rings (SSSR count). The van der Waals surface area contributed by atoms with Crippen molar-refractivity contribution in [3.63, 3.8) is 0 Å². The number of pyridine rings is 2. The number of hydrogen-bond donors (Lipinski definition) is 0. The molecule has 0 aliphatic rings. The van der Waals surface area contributed by atoms with Crippen LogP contribution in [0.5, 0.6) is 11.8 Å². The monoisotopic (exact) mass is 818 g/mol. The number of benzene rings is 3. The summed E-state index contributed by atoms with van der Waals surface area (Å²) in [6.45, 7) is 0.181. The number of esters is 2. The number of carbonyl (C=O) groups is 3. The summed E-state index contributed by atoms with van der Waals surface area (Å²) in [4.78, 5) is 42.4. The summed E-state index contributed by atoms with van der Waals surface area (Å²) in [6.07, 6.45) is 7.12. The third-order valence-corrected chi connectivity index (χ3v) is 8.75. The average Bonchev–Trinajstić information content (AvgIpc) is 3.88. The first-order valence-electron chi connectivity index (χ1n) is 17.3. The Hall–Kier alpha value is -7.09. The van der Waals surface area contributed by atoms with Crippen LogP contribution in [0.3, 0.4) is 0 Å².